The fourth-order valence-corrected chi connectivity index (χ4v) is 0. The van der Waals surface area contributed by atoms with E-state index in [1.54, 1.807) is 0 Å². The summed E-state index contributed by atoms with van der Waals surface area (Å²) < 4.78 is 0. The van der Waals surface area contributed by atoms with E-state index in [4.69, 9.17) is 9.90 Å². The molecule has 2 nitrogen and oxygen atoms in total. The van der Waals surface area contributed by atoms with Gasteiger partial charge in [-0.05, 0) is 0 Å². The van der Waals surface area contributed by atoms with E-state index in [9.17, 15) is 0 Å². The summed E-state index contributed by atoms with van der Waals surface area (Å²) in [4.78, 5) is 9.00. The van der Waals surface area contributed by atoms with Crippen molar-refractivity contribution in [1.82, 2.24) is 0 Å². The Morgan fingerprint density at radius 2 is 1.38 bits per heavy atom. The predicted molar refractivity (Wildman–Crippen MR) is 34.2 cm³/mol. The van der Waals surface area contributed by atoms with Gasteiger partial charge in [0.25, 0.3) is 5.97 Å². The van der Waals surface area contributed by atoms with Gasteiger partial charge in [-0.3, -0.25) is 4.79 Å². The first kappa shape index (κ1) is 37.3. The number of aliphatic carboxylic acids is 1. The molecular weight excluding hydrogens is 187 g/mol. The predicted octanol–water partition coefficient (Wildman–Crippen LogP) is 1.38. The van der Waals surface area contributed by atoms with Crippen molar-refractivity contribution in [3.63, 3.8) is 0 Å². The van der Waals surface area contributed by atoms with E-state index in [0.717, 1.165) is 6.92 Å². The van der Waals surface area contributed by atoms with Crippen LogP contribution in [0.25, 0.3) is 0 Å². The summed E-state index contributed by atoms with van der Waals surface area (Å²) in [5.74, 6) is -0.833. The van der Waals surface area contributed by atoms with Crippen molar-refractivity contribution in [1.29, 1.82) is 0 Å². The van der Waals surface area contributed by atoms with Crippen molar-refractivity contribution in [2.24, 2.45) is 0 Å². The normalized spacial score (nSPS) is 3.12. The molecule has 52 valence electrons. The number of carboxylic acids is 1. The molecule has 0 spiro atoms. The third-order valence-corrected chi connectivity index (χ3v) is 0. The van der Waals surface area contributed by atoms with Crippen molar-refractivity contribution in [3.05, 3.63) is 7.43 Å². The summed E-state index contributed by atoms with van der Waals surface area (Å²) in [6.45, 7) is 1.08. The maximum atomic E-state index is 9.00. The Morgan fingerprint density at radius 3 is 1.38 bits per heavy atom. The van der Waals surface area contributed by atoms with Gasteiger partial charge in [0.1, 0.15) is 0 Å². The van der Waals surface area contributed by atoms with Crippen molar-refractivity contribution in [2.75, 3.05) is 0 Å². The molecule has 0 aromatic heterocycles. The molecule has 1 N–H and O–H groups in total. The van der Waals surface area contributed by atoms with Gasteiger partial charge < -0.3 is 12.5 Å². The fraction of sp³-hybridized carbons (Fsp3) is 0.333. The summed E-state index contributed by atoms with van der Waals surface area (Å²) in [5, 5.41) is 7.42. The number of rotatable bonds is 0. The third kappa shape index (κ3) is 385. The van der Waals surface area contributed by atoms with Gasteiger partial charge in [0.2, 0.25) is 0 Å². The van der Waals surface area contributed by atoms with Crippen molar-refractivity contribution >= 4 is 30.8 Å². The average molecular weight is 196 g/mol. The number of carbonyl (C=O) groups is 1. The molecular formula is C3H9Cl2O2Ti-. The fourth-order valence-electron chi connectivity index (χ4n) is 0. The minimum absolute atomic E-state index is 0. The minimum atomic E-state index is -0.833. The topological polar surface area (TPSA) is 37.3 Å². The molecule has 0 aromatic rings. The number of halogens is 2. The van der Waals surface area contributed by atoms with E-state index < -0.39 is 5.97 Å². The maximum Gasteiger partial charge on any atom is 0.300 e. The van der Waals surface area contributed by atoms with Crippen LogP contribution in [0.1, 0.15) is 6.92 Å². The third-order valence-electron chi connectivity index (χ3n) is 0. The molecule has 0 saturated carbocycles. The molecule has 0 unspecified atom stereocenters. The van der Waals surface area contributed by atoms with E-state index >= 15 is 0 Å². The smallest absolute Gasteiger partial charge is 0.300 e. The Bertz CT molecular complexity index is 38.3. The number of hydrogen-bond donors (Lipinski definition) is 1. The average Bonchev–Trinajstić information content (AvgIpc) is 0.811. The van der Waals surface area contributed by atoms with Crippen molar-refractivity contribution in [2.45, 2.75) is 6.92 Å². The molecule has 0 aliphatic heterocycles. The van der Waals surface area contributed by atoms with Crippen LogP contribution in [0.2, 0.25) is 0 Å². The van der Waals surface area contributed by atoms with E-state index in [1.165, 1.54) is 0 Å². The van der Waals surface area contributed by atoms with Crippen LogP contribution in [0.3, 0.4) is 0 Å². The Labute approximate surface area is 76.7 Å². The zero-order chi connectivity index (χ0) is 3.58. The summed E-state index contributed by atoms with van der Waals surface area (Å²) in [6.07, 6.45) is 0. The van der Waals surface area contributed by atoms with Crippen LogP contribution in [0.5, 0.6) is 0 Å². The molecule has 0 amide bonds. The van der Waals surface area contributed by atoms with Crippen LogP contribution in [-0.2, 0) is 26.5 Å². The SMILES string of the molecule is CC(=O)O.Cl.Cl.[CH3-].[Ti]. The van der Waals surface area contributed by atoms with Gasteiger partial charge in [-0.15, -0.1) is 24.8 Å². The Morgan fingerprint density at radius 1 is 1.38 bits per heavy atom. The molecule has 0 atom stereocenters. The number of carboxylic acid groups (broad SMARTS) is 1. The molecule has 0 radical (unpaired) electrons. The molecule has 0 saturated heterocycles. The van der Waals surface area contributed by atoms with Gasteiger partial charge in [0, 0.05) is 28.6 Å². The molecule has 5 heteroatoms. The molecule has 8 heavy (non-hydrogen) atoms. The first-order valence-corrected chi connectivity index (χ1v) is 0.928. The Kier molecular flexibility index (Phi) is 117. The first-order chi connectivity index (χ1) is 1.73. The first-order valence-electron chi connectivity index (χ1n) is 0.928. The zero-order valence-corrected chi connectivity index (χ0v) is 7.87. The van der Waals surface area contributed by atoms with E-state index in [-0.39, 0.29) is 54.0 Å². The maximum absolute atomic E-state index is 9.00. The molecule has 0 fully saturated rings. The quantitative estimate of drug-likeness (QED) is 0.469. The molecule has 0 rings (SSSR count). The van der Waals surface area contributed by atoms with Crippen LogP contribution >= 0.6 is 24.8 Å². The van der Waals surface area contributed by atoms with Crippen molar-refractivity contribution < 1.29 is 31.6 Å². The van der Waals surface area contributed by atoms with Crippen molar-refractivity contribution in [3.8, 4) is 0 Å². The van der Waals surface area contributed by atoms with Gasteiger partial charge in [-0.1, -0.05) is 0 Å². The van der Waals surface area contributed by atoms with Gasteiger partial charge in [-0.25, -0.2) is 0 Å². The van der Waals surface area contributed by atoms with Crippen LogP contribution < -0.4 is 0 Å². The summed E-state index contributed by atoms with van der Waals surface area (Å²) in [5.41, 5.74) is 0. The van der Waals surface area contributed by atoms with E-state index in [2.05, 4.69) is 0 Å². The van der Waals surface area contributed by atoms with Crippen LogP contribution in [0.4, 0.5) is 0 Å². The second kappa shape index (κ2) is 25.1. The summed E-state index contributed by atoms with van der Waals surface area (Å²) >= 11 is 0. The van der Waals surface area contributed by atoms with Gasteiger partial charge in [0.05, 0.1) is 0 Å². The van der Waals surface area contributed by atoms with Crippen LogP contribution in [-0.4, -0.2) is 11.1 Å². The van der Waals surface area contributed by atoms with E-state index in [1.807, 2.05) is 0 Å². The second-order valence-corrected chi connectivity index (χ2v) is 0.519. The molecule has 0 aliphatic rings. The molecule has 0 heterocycles. The van der Waals surface area contributed by atoms with Gasteiger partial charge >= 0.3 is 0 Å². The van der Waals surface area contributed by atoms with E-state index in [0.29, 0.717) is 0 Å². The largest absolute Gasteiger partial charge is 0.481 e. The number of hydrogen-bond acceptors (Lipinski definition) is 1. The van der Waals surface area contributed by atoms with Crippen LogP contribution in [0, 0.1) is 7.43 Å². The Balaban J connectivity index is -0.00000000750. The molecule has 0 bridgehead atoms. The molecule has 0 aliphatic carbocycles. The standard InChI is InChI=1S/C2H4O2.CH3.2ClH.Ti/c1-2(3)4;;;;/h1H3,(H,3,4);1H3;2*1H;/q;-1;;;. The second-order valence-electron chi connectivity index (χ2n) is 0.519. The monoisotopic (exact) mass is 195 g/mol. The van der Waals surface area contributed by atoms with Crippen LogP contribution in [0.15, 0.2) is 0 Å². The van der Waals surface area contributed by atoms with Gasteiger partial charge in [-0.2, -0.15) is 0 Å². The summed E-state index contributed by atoms with van der Waals surface area (Å²) in [6, 6.07) is 0. The van der Waals surface area contributed by atoms with Gasteiger partial charge in [0.15, 0.2) is 0 Å². The minimum Gasteiger partial charge on any atom is -0.481 e. The zero-order valence-electron chi connectivity index (χ0n) is 4.67. The Hall–Kier alpha value is 0.764. The summed E-state index contributed by atoms with van der Waals surface area (Å²) in [7, 11) is 0. The molecule has 0 aromatic carbocycles.